The number of nitrogens with zero attached hydrogens (tertiary/aromatic N) is 3. The van der Waals surface area contributed by atoms with Gasteiger partial charge in [0, 0.05) is 59.6 Å². The van der Waals surface area contributed by atoms with E-state index < -0.39 is 41.5 Å². The van der Waals surface area contributed by atoms with Gasteiger partial charge < -0.3 is 30.2 Å². The molecule has 82 heavy (non-hydrogen) atoms. The van der Waals surface area contributed by atoms with Crippen molar-refractivity contribution < 1.29 is 43.0 Å². The Morgan fingerprint density at radius 3 is 1.07 bits per heavy atom. The maximum atomic E-state index is 14.4. The van der Waals surface area contributed by atoms with Gasteiger partial charge in [-0.2, -0.15) is 0 Å². The lowest BCUT2D eigenvalue weighted by atomic mass is 10.0. The standard InChI is InChI=1S/C64H68N6O12/c1-2-3-4-18-29-55(67-61(76)82-54-40-34-51(35-41-54)58(73)48-27-16-11-17-28-48)70-63(78)68(44-21-7-5-19-42-65-59(74)80-52-36-30-49(31-37-52)56(71)46-23-12-9-13-24-46)62(77)69(64(70)79)45-22-8-6-20-43-66-60(75)81-53-38-32-50(33-39-53)57(72)47-25-14-10-15-26-47/h9-17,23-28,30-41,55H,2-8,18-22,29,42-45H2,1H3,(H,65,74)(H,66,75)(H,67,76). The summed E-state index contributed by atoms with van der Waals surface area (Å²) in [5.74, 6) is 0.139. The van der Waals surface area contributed by atoms with E-state index in [1.165, 1.54) is 24.3 Å². The topological polar surface area (TPSA) is 232 Å². The van der Waals surface area contributed by atoms with Crippen LogP contribution in [0.15, 0.2) is 178 Å². The molecule has 0 saturated heterocycles. The molecule has 0 aliphatic carbocycles. The second kappa shape index (κ2) is 31.4. The smallest absolute Gasteiger partial charge is 0.410 e. The van der Waals surface area contributed by atoms with Crippen LogP contribution >= 0.6 is 0 Å². The van der Waals surface area contributed by atoms with Gasteiger partial charge in [-0.05, 0) is 111 Å². The Bertz CT molecular complexity index is 3260. The molecule has 18 heteroatoms. The average Bonchev–Trinajstić information content (AvgIpc) is 3.69. The lowest BCUT2D eigenvalue weighted by Gasteiger charge is -2.22. The summed E-state index contributed by atoms with van der Waals surface area (Å²) in [4.78, 5) is 120. The van der Waals surface area contributed by atoms with Crippen molar-refractivity contribution in [3.05, 3.63) is 229 Å². The van der Waals surface area contributed by atoms with Gasteiger partial charge in [0.1, 0.15) is 23.4 Å². The van der Waals surface area contributed by atoms with Gasteiger partial charge in [-0.25, -0.2) is 42.5 Å². The highest BCUT2D eigenvalue weighted by Crippen LogP contribution is 2.20. The SMILES string of the molecule is CCCCCCC(NC(=O)Oc1ccc(C(=O)c2ccccc2)cc1)n1c(=O)n(CCCCCCNC(=O)Oc2ccc(C(=O)c3ccccc3)cc2)c(=O)n(CCCCCCNC(=O)Oc2ccc(C(=O)c3ccccc3)cc2)c1=O. The average molecular weight is 1110 g/mol. The van der Waals surface area contributed by atoms with Gasteiger partial charge in [0.15, 0.2) is 17.3 Å². The summed E-state index contributed by atoms with van der Waals surface area (Å²) in [5.41, 5.74) is 0.328. The summed E-state index contributed by atoms with van der Waals surface area (Å²) in [7, 11) is 0. The number of unbranched alkanes of at least 4 members (excludes halogenated alkanes) is 9. The van der Waals surface area contributed by atoms with E-state index in [0.717, 1.165) is 33.0 Å². The second-order valence-electron chi connectivity index (χ2n) is 19.5. The van der Waals surface area contributed by atoms with Gasteiger partial charge in [-0.3, -0.25) is 14.4 Å². The fourth-order valence-electron chi connectivity index (χ4n) is 9.06. The van der Waals surface area contributed by atoms with Crippen LogP contribution in [-0.4, -0.2) is 62.4 Å². The van der Waals surface area contributed by atoms with Gasteiger partial charge in [0.25, 0.3) is 0 Å². The van der Waals surface area contributed by atoms with Crippen molar-refractivity contribution in [2.24, 2.45) is 0 Å². The number of nitrogens with one attached hydrogen (secondary N) is 3. The first kappa shape index (κ1) is 60.2. The van der Waals surface area contributed by atoms with Crippen LogP contribution in [0, 0.1) is 0 Å². The Hall–Kier alpha value is -9.45. The largest absolute Gasteiger partial charge is 0.414 e. The molecular weight excluding hydrogens is 1040 g/mol. The van der Waals surface area contributed by atoms with Crippen LogP contribution in [0.4, 0.5) is 14.4 Å². The Kier molecular flexibility index (Phi) is 23.0. The monoisotopic (exact) mass is 1110 g/mol. The quantitative estimate of drug-likeness (QED) is 0.0282. The Morgan fingerprint density at radius 2 is 0.707 bits per heavy atom. The van der Waals surface area contributed by atoms with Crippen molar-refractivity contribution in [3.63, 3.8) is 0 Å². The molecule has 0 aliphatic heterocycles. The van der Waals surface area contributed by atoms with Gasteiger partial charge in [0.05, 0.1) is 0 Å². The van der Waals surface area contributed by atoms with E-state index in [4.69, 9.17) is 14.2 Å². The predicted molar refractivity (Wildman–Crippen MR) is 310 cm³/mol. The van der Waals surface area contributed by atoms with Crippen molar-refractivity contribution in [2.45, 2.75) is 110 Å². The van der Waals surface area contributed by atoms with E-state index in [1.807, 2.05) is 25.1 Å². The molecule has 0 saturated carbocycles. The number of carbonyl (C=O) groups is 6. The number of hydrogen-bond acceptors (Lipinski definition) is 12. The van der Waals surface area contributed by atoms with Crippen molar-refractivity contribution in [3.8, 4) is 17.2 Å². The molecule has 0 aliphatic rings. The van der Waals surface area contributed by atoms with Crippen LogP contribution in [0.25, 0.3) is 0 Å². The molecule has 18 nitrogen and oxygen atoms in total. The van der Waals surface area contributed by atoms with E-state index in [2.05, 4.69) is 16.0 Å². The molecular formula is C64H68N6O12. The van der Waals surface area contributed by atoms with Crippen LogP contribution in [0.3, 0.4) is 0 Å². The van der Waals surface area contributed by atoms with Gasteiger partial charge in [-0.1, -0.05) is 143 Å². The summed E-state index contributed by atoms with van der Waals surface area (Å²) in [6, 6.07) is 45.0. The number of amides is 3. The normalized spacial score (nSPS) is 11.2. The highest BCUT2D eigenvalue weighted by molar-refractivity contribution is 6.10. The van der Waals surface area contributed by atoms with E-state index >= 15 is 0 Å². The second-order valence-corrected chi connectivity index (χ2v) is 19.5. The van der Waals surface area contributed by atoms with Crippen molar-refractivity contribution in [1.29, 1.82) is 0 Å². The van der Waals surface area contributed by atoms with E-state index in [0.29, 0.717) is 91.2 Å². The highest BCUT2D eigenvalue weighted by atomic mass is 16.6. The summed E-state index contributed by atoms with van der Waals surface area (Å²) < 4.78 is 19.4. The van der Waals surface area contributed by atoms with Crippen LogP contribution in [0.5, 0.6) is 17.2 Å². The number of ether oxygens (including phenoxy) is 3. The Balaban J connectivity index is 0.959. The predicted octanol–water partition coefficient (Wildman–Crippen LogP) is 10.8. The molecule has 1 unspecified atom stereocenters. The fraction of sp³-hybridized carbons (Fsp3) is 0.297. The first-order chi connectivity index (χ1) is 39.9. The van der Waals surface area contributed by atoms with Crippen molar-refractivity contribution >= 4 is 35.6 Å². The van der Waals surface area contributed by atoms with Crippen LogP contribution in [0.2, 0.25) is 0 Å². The fourth-order valence-corrected chi connectivity index (χ4v) is 9.06. The summed E-state index contributed by atoms with van der Waals surface area (Å²) in [5, 5.41) is 8.15. The molecule has 1 atom stereocenters. The first-order valence-electron chi connectivity index (χ1n) is 27.9. The zero-order chi connectivity index (χ0) is 58.1. The maximum Gasteiger partial charge on any atom is 0.414 e. The molecule has 0 bridgehead atoms. The molecule has 426 valence electrons. The number of rotatable bonds is 30. The molecule has 1 aromatic heterocycles. The van der Waals surface area contributed by atoms with Gasteiger partial charge >= 0.3 is 35.3 Å². The molecule has 6 aromatic carbocycles. The molecule has 3 amide bonds. The molecule has 7 aromatic rings. The van der Waals surface area contributed by atoms with Gasteiger partial charge in [0.2, 0.25) is 0 Å². The van der Waals surface area contributed by atoms with Crippen LogP contribution in [-0.2, 0) is 13.1 Å². The summed E-state index contributed by atoms with van der Waals surface area (Å²) >= 11 is 0. The minimum Gasteiger partial charge on any atom is -0.410 e. The van der Waals surface area contributed by atoms with Gasteiger partial charge in [-0.15, -0.1) is 0 Å². The number of ketones is 3. The van der Waals surface area contributed by atoms with Crippen LogP contribution < -0.4 is 47.2 Å². The first-order valence-corrected chi connectivity index (χ1v) is 27.9. The number of carbonyl (C=O) groups excluding carboxylic acids is 6. The molecule has 0 radical (unpaired) electrons. The third-order valence-corrected chi connectivity index (χ3v) is 13.5. The van der Waals surface area contributed by atoms with Crippen LogP contribution in [0.1, 0.15) is 144 Å². The zero-order valence-corrected chi connectivity index (χ0v) is 45.9. The third kappa shape index (κ3) is 17.8. The van der Waals surface area contributed by atoms with Crippen molar-refractivity contribution in [1.82, 2.24) is 29.7 Å². The van der Waals surface area contributed by atoms with E-state index in [1.54, 1.807) is 121 Å². The third-order valence-electron chi connectivity index (χ3n) is 13.5. The molecule has 7 rings (SSSR count). The van der Waals surface area contributed by atoms with E-state index in [9.17, 15) is 43.2 Å². The molecule has 0 spiro atoms. The number of aromatic nitrogens is 3. The Morgan fingerprint density at radius 1 is 0.378 bits per heavy atom. The molecule has 0 fully saturated rings. The molecule has 1 heterocycles. The van der Waals surface area contributed by atoms with E-state index in [-0.39, 0.29) is 67.2 Å². The minimum atomic E-state index is -1.19. The highest BCUT2D eigenvalue weighted by Gasteiger charge is 2.25. The maximum absolute atomic E-state index is 14.4. The minimum absolute atomic E-state index is 0.0328. The summed E-state index contributed by atoms with van der Waals surface area (Å²) in [6.45, 7) is 2.54. The lowest BCUT2D eigenvalue weighted by Crippen LogP contribution is -2.57. The zero-order valence-electron chi connectivity index (χ0n) is 45.9. The lowest BCUT2D eigenvalue weighted by molar-refractivity contribution is 0.103. The number of hydrogen-bond donors (Lipinski definition) is 3. The molecule has 3 N–H and O–H groups in total. The van der Waals surface area contributed by atoms with Crippen molar-refractivity contribution in [2.75, 3.05) is 13.1 Å². The summed E-state index contributed by atoms with van der Waals surface area (Å²) in [6.07, 6.45) is 3.97. The number of benzene rings is 6. The Labute approximate surface area is 475 Å².